The van der Waals surface area contributed by atoms with Crippen molar-refractivity contribution in [1.29, 1.82) is 0 Å². The number of carboxylic acids is 1. The SMILES string of the molecule is Cc1cc(O)c(C(=O)O)cc1S(=O)(=O)Nc1ccc(NC(=O)c2cnoc2C)cc1C(F)(F)F. The van der Waals surface area contributed by atoms with E-state index in [1.54, 1.807) is 4.72 Å². The van der Waals surface area contributed by atoms with Crippen LogP contribution in [0.1, 0.15) is 37.6 Å². The first-order chi connectivity index (χ1) is 15.7. The van der Waals surface area contributed by atoms with Crippen LogP contribution >= 0.6 is 0 Å². The standard InChI is InChI=1S/C20H16F3N3O7S/c1-9-5-16(27)12(19(29)30)7-17(9)34(31,32)26-15-4-3-11(6-14(15)20(21,22)23)25-18(28)13-8-24-33-10(13)2/h3-8,26-27H,1-2H3,(H,25,28)(H,29,30). The number of amides is 1. The van der Waals surface area contributed by atoms with Gasteiger partial charge in [-0.15, -0.1) is 0 Å². The molecular formula is C20H16F3N3O7S. The van der Waals surface area contributed by atoms with E-state index in [9.17, 15) is 36.3 Å². The third-order valence-electron chi connectivity index (χ3n) is 4.64. The average molecular weight is 499 g/mol. The Kier molecular flexibility index (Phi) is 6.29. The number of aromatic carboxylic acids is 1. The predicted octanol–water partition coefficient (Wildman–Crippen LogP) is 3.77. The Morgan fingerprint density at radius 2 is 1.76 bits per heavy atom. The summed E-state index contributed by atoms with van der Waals surface area (Å²) in [5, 5.41) is 24.5. The van der Waals surface area contributed by atoms with Crippen LogP contribution in [0.2, 0.25) is 0 Å². The molecule has 0 fully saturated rings. The average Bonchev–Trinajstić information content (AvgIpc) is 3.13. The van der Waals surface area contributed by atoms with E-state index >= 15 is 0 Å². The number of benzene rings is 2. The monoisotopic (exact) mass is 499 g/mol. The number of aromatic nitrogens is 1. The van der Waals surface area contributed by atoms with Crippen LogP contribution in [-0.2, 0) is 16.2 Å². The summed E-state index contributed by atoms with van der Waals surface area (Å²) in [6.45, 7) is 2.66. The Hall–Kier alpha value is -4.07. The van der Waals surface area contributed by atoms with Gasteiger partial charge in [0.05, 0.1) is 22.3 Å². The molecule has 0 saturated carbocycles. The minimum absolute atomic E-state index is 0.00428. The number of alkyl halides is 3. The molecule has 3 rings (SSSR count). The molecular weight excluding hydrogens is 483 g/mol. The molecule has 14 heteroatoms. The number of nitrogens with one attached hydrogen (secondary N) is 2. The minimum atomic E-state index is -5.03. The predicted molar refractivity (Wildman–Crippen MR) is 111 cm³/mol. The highest BCUT2D eigenvalue weighted by atomic mass is 32.2. The second-order valence-electron chi connectivity index (χ2n) is 7.05. The maximum atomic E-state index is 13.7. The van der Waals surface area contributed by atoms with Gasteiger partial charge in [-0.05, 0) is 49.7 Å². The highest BCUT2D eigenvalue weighted by molar-refractivity contribution is 7.92. The van der Waals surface area contributed by atoms with E-state index in [2.05, 4.69) is 10.5 Å². The van der Waals surface area contributed by atoms with E-state index in [-0.39, 0.29) is 22.6 Å². The van der Waals surface area contributed by atoms with Gasteiger partial charge in [-0.2, -0.15) is 13.2 Å². The molecule has 2 aromatic carbocycles. The Morgan fingerprint density at radius 1 is 1.09 bits per heavy atom. The molecule has 1 heterocycles. The van der Waals surface area contributed by atoms with Crippen molar-refractivity contribution in [2.45, 2.75) is 24.9 Å². The molecule has 0 bridgehead atoms. The van der Waals surface area contributed by atoms with Crippen molar-refractivity contribution in [2.75, 3.05) is 10.0 Å². The second kappa shape index (κ2) is 8.70. The molecule has 1 aromatic heterocycles. The number of carbonyl (C=O) groups is 2. The zero-order chi connectivity index (χ0) is 25.4. The topological polar surface area (TPSA) is 159 Å². The zero-order valence-electron chi connectivity index (χ0n) is 17.4. The number of rotatable bonds is 6. The van der Waals surface area contributed by atoms with E-state index in [0.29, 0.717) is 12.1 Å². The lowest BCUT2D eigenvalue weighted by Crippen LogP contribution is -2.19. The third kappa shape index (κ3) is 4.96. The van der Waals surface area contributed by atoms with Crippen LogP contribution in [-0.4, -0.2) is 35.7 Å². The molecule has 0 aliphatic rings. The van der Waals surface area contributed by atoms with Crippen molar-refractivity contribution < 1.29 is 45.9 Å². The lowest BCUT2D eigenvalue weighted by Gasteiger charge is -2.17. The van der Waals surface area contributed by atoms with Gasteiger partial charge in [0.25, 0.3) is 15.9 Å². The molecule has 0 radical (unpaired) electrons. The van der Waals surface area contributed by atoms with Crippen molar-refractivity contribution in [3.8, 4) is 5.75 Å². The normalized spacial score (nSPS) is 11.8. The first-order valence-electron chi connectivity index (χ1n) is 9.24. The van der Waals surface area contributed by atoms with Crippen LogP contribution in [0.3, 0.4) is 0 Å². The van der Waals surface area contributed by atoms with Gasteiger partial charge in [0.15, 0.2) is 0 Å². The minimum Gasteiger partial charge on any atom is -0.507 e. The van der Waals surface area contributed by atoms with Crippen molar-refractivity contribution in [3.63, 3.8) is 0 Å². The molecule has 10 nitrogen and oxygen atoms in total. The number of sulfonamides is 1. The molecule has 3 aromatic rings. The van der Waals surface area contributed by atoms with Gasteiger partial charge in [0.2, 0.25) is 0 Å². The number of nitrogens with zero attached hydrogens (tertiary/aromatic N) is 1. The van der Waals surface area contributed by atoms with Gasteiger partial charge in [-0.3, -0.25) is 9.52 Å². The molecule has 34 heavy (non-hydrogen) atoms. The number of hydrogen-bond acceptors (Lipinski definition) is 7. The summed E-state index contributed by atoms with van der Waals surface area (Å²) in [4.78, 5) is 22.8. The fourth-order valence-corrected chi connectivity index (χ4v) is 4.33. The number of aromatic hydroxyl groups is 1. The largest absolute Gasteiger partial charge is 0.507 e. The molecule has 0 atom stereocenters. The smallest absolute Gasteiger partial charge is 0.418 e. The summed E-state index contributed by atoms with van der Waals surface area (Å²) < 4.78 is 73.2. The summed E-state index contributed by atoms with van der Waals surface area (Å²) in [5.74, 6) is -2.99. The van der Waals surface area contributed by atoms with E-state index in [0.717, 1.165) is 24.4 Å². The molecule has 0 aliphatic carbocycles. The highest BCUT2D eigenvalue weighted by Gasteiger charge is 2.35. The molecule has 0 saturated heterocycles. The van der Waals surface area contributed by atoms with E-state index < -0.39 is 55.5 Å². The summed E-state index contributed by atoms with van der Waals surface area (Å²) in [5.41, 5.74) is -3.41. The number of anilines is 2. The second-order valence-corrected chi connectivity index (χ2v) is 8.70. The van der Waals surface area contributed by atoms with Crippen molar-refractivity contribution in [2.24, 2.45) is 0 Å². The highest BCUT2D eigenvalue weighted by Crippen LogP contribution is 2.38. The number of carbonyl (C=O) groups excluding carboxylic acids is 1. The van der Waals surface area contributed by atoms with Crippen LogP contribution in [0, 0.1) is 13.8 Å². The Morgan fingerprint density at radius 3 is 2.32 bits per heavy atom. The van der Waals surface area contributed by atoms with Gasteiger partial charge in [0, 0.05) is 5.69 Å². The van der Waals surface area contributed by atoms with E-state index in [1.165, 1.54) is 13.8 Å². The van der Waals surface area contributed by atoms with Crippen LogP contribution in [0.15, 0.2) is 45.9 Å². The van der Waals surface area contributed by atoms with Crippen LogP contribution < -0.4 is 10.0 Å². The fraction of sp³-hybridized carbons (Fsp3) is 0.150. The summed E-state index contributed by atoms with van der Waals surface area (Å²) in [6, 6.07) is 3.88. The number of hydrogen-bond donors (Lipinski definition) is 4. The van der Waals surface area contributed by atoms with Gasteiger partial charge in [0.1, 0.15) is 22.6 Å². The van der Waals surface area contributed by atoms with Gasteiger partial charge < -0.3 is 20.1 Å². The molecule has 0 unspecified atom stereocenters. The van der Waals surface area contributed by atoms with Crippen molar-refractivity contribution in [3.05, 3.63) is 64.5 Å². The zero-order valence-corrected chi connectivity index (χ0v) is 18.2. The Labute approximate surface area is 190 Å². The molecule has 4 N–H and O–H groups in total. The van der Waals surface area contributed by atoms with E-state index in [1.807, 2.05) is 0 Å². The maximum absolute atomic E-state index is 13.7. The van der Waals surface area contributed by atoms with Crippen LogP contribution in [0.5, 0.6) is 5.75 Å². The lowest BCUT2D eigenvalue weighted by atomic mass is 10.1. The number of phenols is 1. The lowest BCUT2D eigenvalue weighted by molar-refractivity contribution is -0.136. The van der Waals surface area contributed by atoms with Crippen molar-refractivity contribution >= 4 is 33.3 Å². The maximum Gasteiger partial charge on any atom is 0.418 e. The molecule has 0 aliphatic heterocycles. The van der Waals surface area contributed by atoms with Crippen molar-refractivity contribution in [1.82, 2.24) is 5.16 Å². The molecule has 1 amide bonds. The Bertz CT molecular complexity index is 1400. The first kappa shape index (κ1) is 24.6. The first-order valence-corrected chi connectivity index (χ1v) is 10.7. The molecule has 0 spiro atoms. The molecule has 180 valence electrons. The van der Waals surface area contributed by atoms with Crippen LogP contribution in [0.25, 0.3) is 0 Å². The third-order valence-corrected chi connectivity index (χ3v) is 6.14. The number of halogens is 3. The Balaban J connectivity index is 2.00. The van der Waals surface area contributed by atoms with Crippen LogP contribution in [0.4, 0.5) is 24.5 Å². The van der Waals surface area contributed by atoms with E-state index in [4.69, 9.17) is 9.63 Å². The van der Waals surface area contributed by atoms with Gasteiger partial charge in [-0.25, -0.2) is 13.2 Å². The number of aryl methyl sites for hydroxylation is 2. The quantitative estimate of drug-likeness (QED) is 0.399. The summed E-state index contributed by atoms with van der Waals surface area (Å²) in [7, 11) is -4.71. The van der Waals surface area contributed by atoms with Gasteiger partial charge in [-0.1, -0.05) is 5.16 Å². The fourth-order valence-electron chi connectivity index (χ4n) is 2.99. The number of carboxylic acid groups (broad SMARTS) is 1. The van der Waals surface area contributed by atoms with Gasteiger partial charge >= 0.3 is 12.1 Å². The summed E-state index contributed by atoms with van der Waals surface area (Å²) >= 11 is 0. The summed E-state index contributed by atoms with van der Waals surface area (Å²) in [6.07, 6.45) is -3.94.